The van der Waals surface area contributed by atoms with Crippen LogP contribution in [0.15, 0.2) is 66.9 Å². The van der Waals surface area contributed by atoms with Crippen LogP contribution in [0.3, 0.4) is 0 Å². The van der Waals surface area contributed by atoms with E-state index in [1.807, 2.05) is 0 Å². The molecule has 9 heteroatoms. The van der Waals surface area contributed by atoms with Gasteiger partial charge in [-0.3, -0.25) is 14.6 Å². The zero-order valence-corrected chi connectivity index (χ0v) is 26.2. The van der Waals surface area contributed by atoms with Crippen molar-refractivity contribution in [1.29, 1.82) is 0 Å². The Bertz CT molecular complexity index is 1660. The number of ether oxygens (including phenoxy) is 3. The SMILES string of the molecule is COc1cc2c(Oc3ccc(CC(=O)C4(C(=O)Cc5ccc(F)cc5)CC4)cc3F)ccnc2cc1OCCCCCCCS. The van der Waals surface area contributed by atoms with Gasteiger partial charge < -0.3 is 14.2 Å². The van der Waals surface area contributed by atoms with Crippen LogP contribution in [0.2, 0.25) is 0 Å². The van der Waals surface area contributed by atoms with Crippen LogP contribution in [0, 0.1) is 17.0 Å². The maximum Gasteiger partial charge on any atom is 0.166 e. The third-order valence-corrected chi connectivity index (χ3v) is 8.54. The summed E-state index contributed by atoms with van der Waals surface area (Å²) in [6, 6.07) is 15.3. The van der Waals surface area contributed by atoms with Gasteiger partial charge in [-0.2, -0.15) is 12.6 Å². The second kappa shape index (κ2) is 14.9. The molecule has 0 unspecified atom stereocenters. The number of carbonyl (C=O) groups is 2. The van der Waals surface area contributed by atoms with E-state index in [1.165, 1.54) is 30.7 Å². The van der Waals surface area contributed by atoms with E-state index in [0.717, 1.165) is 31.4 Å². The van der Waals surface area contributed by atoms with Gasteiger partial charge in [-0.05, 0) is 79.0 Å². The summed E-state index contributed by atoms with van der Waals surface area (Å²) in [5.74, 6) is 0.954. The average molecular weight is 634 g/mol. The maximum atomic E-state index is 15.3. The third-order valence-electron chi connectivity index (χ3n) is 8.22. The number of Topliss-reactive ketones (excluding diaryl/α,β-unsaturated/α-hetero) is 2. The molecule has 1 fully saturated rings. The first-order valence-corrected chi connectivity index (χ1v) is 15.9. The van der Waals surface area contributed by atoms with Crippen LogP contribution < -0.4 is 14.2 Å². The van der Waals surface area contributed by atoms with Gasteiger partial charge in [-0.15, -0.1) is 0 Å². The van der Waals surface area contributed by atoms with Crippen LogP contribution in [-0.2, 0) is 22.4 Å². The highest BCUT2D eigenvalue weighted by Crippen LogP contribution is 2.49. The molecule has 45 heavy (non-hydrogen) atoms. The quantitative estimate of drug-likeness (QED) is 0.0717. The van der Waals surface area contributed by atoms with Crippen LogP contribution in [0.1, 0.15) is 56.1 Å². The van der Waals surface area contributed by atoms with Gasteiger partial charge in [-0.25, -0.2) is 8.78 Å². The minimum Gasteiger partial charge on any atom is -0.493 e. The van der Waals surface area contributed by atoms with Crippen LogP contribution in [0.5, 0.6) is 23.0 Å². The molecule has 1 aliphatic carbocycles. The summed E-state index contributed by atoms with van der Waals surface area (Å²) in [7, 11) is 1.56. The monoisotopic (exact) mass is 633 g/mol. The summed E-state index contributed by atoms with van der Waals surface area (Å²) in [5, 5.41) is 0.627. The van der Waals surface area contributed by atoms with E-state index in [0.29, 0.717) is 58.7 Å². The Kier molecular flexibility index (Phi) is 10.7. The Hall–Kier alpha value is -3.98. The number of nitrogens with zero attached hydrogens (tertiary/aromatic N) is 1. The first-order chi connectivity index (χ1) is 21.8. The molecule has 236 valence electrons. The molecule has 1 aliphatic rings. The first kappa shape index (κ1) is 32.4. The first-order valence-electron chi connectivity index (χ1n) is 15.3. The molecule has 0 radical (unpaired) electrons. The largest absolute Gasteiger partial charge is 0.493 e. The number of benzene rings is 3. The summed E-state index contributed by atoms with van der Waals surface area (Å²) in [6.07, 6.45) is 7.95. The predicted molar refractivity (Wildman–Crippen MR) is 173 cm³/mol. The Morgan fingerprint density at radius 2 is 1.49 bits per heavy atom. The second-order valence-corrected chi connectivity index (χ2v) is 11.9. The van der Waals surface area contributed by atoms with Crippen molar-refractivity contribution in [1.82, 2.24) is 4.98 Å². The molecule has 0 bridgehead atoms. The van der Waals surface area contributed by atoms with E-state index in [9.17, 15) is 14.0 Å². The Labute approximate surface area is 267 Å². The zero-order valence-electron chi connectivity index (χ0n) is 25.3. The number of unbranched alkanes of at least 4 members (excludes halogenated alkanes) is 4. The van der Waals surface area contributed by atoms with Gasteiger partial charge in [0.2, 0.25) is 0 Å². The van der Waals surface area contributed by atoms with Gasteiger partial charge >= 0.3 is 0 Å². The lowest BCUT2D eigenvalue weighted by Crippen LogP contribution is -2.28. The van der Waals surface area contributed by atoms with Crippen LogP contribution in [-0.4, -0.2) is 36.0 Å². The number of carbonyl (C=O) groups excluding carboxylic acids is 2. The predicted octanol–water partition coefficient (Wildman–Crippen LogP) is 8.28. The van der Waals surface area contributed by atoms with E-state index in [-0.39, 0.29) is 36.0 Å². The number of pyridine rings is 1. The van der Waals surface area contributed by atoms with Gasteiger partial charge in [0.05, 0.1) is 24.6 Å². The Morgan fingerprint density at radius 3 is 2.18 bits per heavy atom. The molecule has 4 aromatic rings. The normalized spacial score (nSPS) is 13.4. The number of aromatic nitrogens is 1. The highest BCUT2D eigenvalue weighted by molar-refractivity contribution is 7.80. The topological polar surface area (TPSA) is 74.7 Å². The van der Waals surface area contributed by atoms with Gasteiger partial charge in [0.15, 0.2) is 34.6 Å². The van der Waals surface area contributed by atoms with Gasteiger partial charge in [0.1, 0.15) is 11.6 Å². The smallest absolute Gasteiger partial charge is 0.166 e. The number of fused-ring (bicyclic) bond motifs is 1. The second-order valence-electron chi connectivity index (χ2n) is 11.4. The van der Waals surface area contributed by atoms with Gasteiger partial charge in [0, 0.05) is 30.5 Å². The average Bonchev–Trinajstić information content (AvgIpc) is 3.85. The molecular formula is C36H37F2NO5S. The highest BCUT2D eigenvalue weighted by Gasteiger charge is 2.54. The third kappa shape index (κ3) is 8.00. The molecule has 0 atom stereocenters. The number of ketones is 2. The van der Waals surface area contributed by atoms with E-state index < -0.39 is 11.2 Å². The summed E-state index contributed by atoms with van der Waals surface area (Å²) in [5.41, 5.74) is 0.670. The van der Waals surface area contributed by atoms with Crippen molar-refractivity contribution in [3.63, 3.8) is 0 Å². The molecule has 0 saturated heterocycles. The minimum absolute atomic E-state index is 0.00979. The molecule has 6 nitrogen and oxygen atoms in total. The number of methoxy groups -OCH3 is 1. The fourth-order valence-electron chi connectivity index (χ4n) is 5.42. The maximum absolute atomic E-state index is 15.3. The number of rotatable bonds is 17. The molecule has 5 rings (SSSR count). The molecule has 0 amide bonds. The van der Waals surface area contributed by atoms with Crippen LogP contribution in [0.4, 0.5) is 8.78 Å². The molecule has 3 aromatic carbocycles. The fourth-order valence-corrected chi connectivity index (χ4v) is 5.64. The van der Waals surface area contributed by atoms with E-state index in [4.69, 9.17) is 14.2 Å². The molecular weight excluding hydrogens is 596 g/mol. The van der Waals surface area contributed by atoms with E-state index in [2.05, 4.69) is 17.6 Å². The molecule has 0 spiro atoms. The Morgan fingerprint density at radius 1 is 0.800 bits per heavy atom. The highest BCUT2D eigenvalue weighted by atomic mass is 32.1. The van der Waals surface area contributed by atoms with Crippen molar-refractivity contribution in [2.75, 3.05) is 19.5 Å². The number of thiol groups is 1. The summed E-state index contributed by atoms with van der Waals surface area (Å²) in [6.45, 7) is 0.558. The fraction of sp³-hybridized carbons (Fsp3) is 0.361. The lowest BCUT2D eigenvalue weighted by atomic mass is 9.88. The molecule has 1 saturated carbocycles. The van der Waals surface area contributed by atoms with Crippen molar-refractivity contribution >= 4 is 35.1 Å². The zero-order chi connectivity index (χ0) is 31.8. The standard InChI is InChI=1S/C36H37F2NO5S/c1-42-32-22-27-29(23-33(32)43-17-5-3-2-4-6-18-45)39-16-13-30(27)44-31-12-9-25(19-28(31)38)21-35(41)36(14-15-36)34(40)20-24-7-10-26(37)11-8-24/h7-13,16,19,22-23,45H,2-6,14-15,17-18,20-21H2,1H3. The van der Waals surface area contributed by atoms with Crippen LogP contribution in [0.25, 0.3) is 10.9 Å². The molecule has 0 aliphatic heterocycles. The summed E-state index contributed by atoms with van der Waals surface area (Å²) < 4.78 is 46.0. The molecule has 1 heterocycles. The number of halogens is 2. The molecule has 0 N–H and O–H groups in total. The Balaban J connectivity index is 1.23. The van der Waals surface area contributed by atoms with Crippen molar-refractivity contribution in [2.45, 2.75) is 57.8 Å². The van der Waals surface area contributed by atoms with E-state index >= 15 is 4.39 Å². The van der Waals surface area contributed by atoms with Crippen LogP contribution >= 0.6 is 12.6 Å². The van der Waals surface area contributed by atoms with E-state index in [1.54, 1.807) is 49.7 Å². The van der Waals surface area contributed by atoms with Gasteiger partial charge in [-0.1, -0.05) is 37.5 Å². The summed E-state index contributed by atoms with van der Waals surface area (Å²) in [4.78, 5) is 30.6. The number of hydrogen-bond acceptors (Lipinski definition) is 7. The van der Waals surface area contributed by atoms with Crippen molar-refractivity contribution < 1.29 is 32.6 Å². The summed E-state index contributed by atoms with van der Waals surface area (Å²) >= 11 is 4.25. The minimum atomic E-state index is -1.05. The van der Waals surface area contributed by atoms with Crippen molar-refractivity contribution in [2.24, 2.45) is 5.41 Å². The molecule has 1 aromatic heterocycles. The number of hydrogen-bond donors (Lipinski definition) is 1. The van der Waals surface area contributed by atoms with Crippen molar-refractivity contribution in [3.8, 4) is 23.0 Å². The lowest BCUT2D eigenvalue weighted by Gasteiger charge is -2.15. The van der Waals surface area contributed by atoms with Gasteiger partial charge in [0.25, 0.3) is 0 Å². The lowest BCUT2D eigenvalue weighted by molar-refractivity contribution is -0.133. The van der Waals surface area contributed by atoms with Crippen molar-refractivity contribution in [3.05, 3.63) is 89.6 Å².